The van der Waals surface area contributed by atoms with Crippen molar-refractivity contribution in [1.29, 1.82) is 0 Å². The number of primary amides is 1. The lowest BCUT2D eigenvalue weighted by Crippen LogP contribution is -2.41. The van der Waals surface area contributed by atoms with Crippen LogP contribution in [0.5, 0.6) is 11.8 Å². The Balaban J connectivity index is 1.53. The van der Waals surface area contributed by atoms with Crippen molar-refractivity contribution in [3.05, 3.63) is 78.8 Å². The number of hydrogen-bond donors (Lipinski definition) is 2. The number of amides is 2. The largest absolute Gasteiger partial charge is 0.424 e. The number of hydrogen-bond acceptors (Lipinski definition) is 6. The minimum absolute atomic E-state index is 0.0169. The van der Waals surface area contributed by atoms with E-state index in [0.29, 0.717) is 11.3 Å². The summed E-state index contributed by atoms with van der Waals surface area (Å²) in [5, 5.41) is 6.57. The van der Waals surface area contributed by atoms with Gasteiger partial charge < -0.3 is 10.5 Å². The average Bonchev–Trinajstić information content (AvgIpc) is 3.49. The Morgan fingerprint density at radius 3 is 2.51 bits per heavy atom. The zero-order valence-electron chi connectivity index (χ0n) is 18.1. The second-order valence-electron chi connectivity index (χ2n) is 7.99. The second-order valence-corrected chi connectivity index (χ2v) is 7.99. The Morgan fingerprint density at radius 2 is 1.86 bits per heavy atom. The third-order valence-corrected chi connectivity index (χ3v) is 5.71. The van der Waals surface area contributed by atoms with E-state index in [1.165, 1.54) is 30.5 Å². The van der Waals surface area contributed by atoms with Gasteiger partial charge in [0.25, 0.3) is 0 Å². The van der Waals surface area contributed by atoms with Crippen molar-refractivity contribution in [3.8, 4) is 23.0 Å². The minimum atomic E-state index is -1.44. The number of H-pyrrole nitrogens is 1. The van der Waals surface area contributed by atoms with Crippen LogP contribution in [0.3, 0.4) is 0 Å². The fraction of sp³-hybridized carbons (Fsp3) is 0.125. The van der Waals surface area contributed by atoms with Gasteiger partial charge in [0, 0.05) is 29.7 Å². The number of aromatic amines is 1. The normalized spacial score (nSPS) is 13.8. The van der Waals surface area contributed by atoms with Crippen molar-refractivity contribution in [2.24, 2.45) is 11.1 Å². The van der Waals surface area contributed by atoms with Gasteiger partial charge in [0.05, 0.1) is 17.6 Å². The molecule has 2 aromatic heterocycles. The van der Waals surface area contributed by atoms with E-state index in [-0.39, 0.29) is 36.0 Å². The van der Waals surface area contributed by atoms with Gasteiger partial charge in [-0.3, -0.25) is 19.6 Å². The topological polar surface area (TPSA) is 127 Å². The van der Waals surface area contributed by atoms with Gasteiger partial charge in [-0.05, 0) is 55.3 Å². The highest BCUT2D eigenvalue weighted by atomic mass is 19.1. The van der Waals surface area contributed by atoms with Crippen molar-refractivity contribution in [2.45, 2.75) is 12.8 Å². The molecule has 0 saturated heterocycles. The van der Waals surface area contributed by atoms with Crippen molar-refractivity contribution in [1.82, 2.24) is 20.2 Å². The lowest BCUT2D eigenvalue weighted by Gasteiger charge is -2.27. The summed E-state index contributed by atoms with van der Waals surface area (Å²) in [7, 11) is 0. The number of nitrogens with zero attached hydrogens (tertiary/aromatic N) is 4. The molecule has 9 nitrogen and oxygen atoms in total. The van der Waals surface area contributed by atoms with Gasteiger partial charge >= 0.3 is 6.01 Å². The van der Waals surface area contributed by atoms with E-state index < -0.39 is 28.9 Å². The third-order valence-electron chi connectivity index (χ3n) is 5.71. The van der Waals surface area contributed by atoms with Crippen LogP contribution >= 0.6 is 0 Å². The summed E-state index contributed by atoms with van der Waals surface area (Å²) in [4.78, 5) is 34.9. The van der Waals surface area contributed by atoms with Gasteiger partial charge in [-0.25, -0.2) is 13.8 Å². The summed E-state index contributed by atoms with van der Waals surface area (Å²) < 4.78 is 34.4. The van der Waals surface area contributed by atoms with E-state index in [4.69, 9.17) is 10.5 Å². The highest BCUT2D eigenvalue weighted by molar-refractivity contribution is 6.16. The molecule has 1 aliphatic rings. The molecular formula is C24H18F2N6O3. The summed E-state index contributed by atoms with van der Waals surface area (Å²) in [5.74, 6) is -2.67. The Kier molecular flexibility index (Phi) is 5.44. The highest BCUT2D eigenvalue weighted by Crippen LogP contribution is 2.49. The first-order valence-corrected chi connectivity index (χ1v) is 10.6. The molecule has 1 saturated carbocycles. The van der Waals surface area contributed by atoms with Gasteiger partial charge in [0.1, 0.15) is 22.8 Å². The fourth-order valence-electron chi connectivity index (χ4n) is 3.64. The van der Waals surface area contributed by atoms with Crippen molar-refractivity contribution < 1.29 is 23.1 Å². The number of ether oxygens (including phenoxy) is 1. The molecule has 0 atom stereocenters. The molecule has 11 heteroatoms. The Bertz CT molecular complexity index is 1410. The third kappa shape index (κ3) is 4.19. The van der Waals surface area contributed by atoms with Crippen molar-refractivity contribution in [2.75, 3.05) is 4.90 Å². The number of nitrogens with one attached hydrogen (secondary N) is 1. The molecule has 0 spiro atoms. The molecule has 3 N–H and O–H groups in total. The fourth-order valence-corrected chi connectivity index (χ4v) is 3.64. The predicted molar refractivity (Wildman–Crippen MR) is 120 cm³/mol. The molecule has 0 bridgehead atoms. The first-order valence-electron chi connectivity index (χ1n) is 10.6. The number of carbonyl (C=O) groups excluding carboxylic acids is 2. The molecule has 1 aliphatic carbocycles. The number of anilines is 2. The zero-order valence-corrected chi connectivity index (χ0v) is 18.1. The Labute approximate surface area is 197 Å². The van der Waals surface area contributed by atoms with Crippen LogP contribution in [-0.4, -0.2) is 32.0 Å². The zero-order chi connectivity index (χ0) is 24.6. The minimum Gasteiger partial charge on any atom is -0.424 e. The molecule has 0 aliphatic heterocycles. The maximum Gasteiger partial charge on any atom is 0.322 e. The van der Waals surface area contributed by atoms with Crippen molar-refractivity contribution >= 4 is 23.2 Å². The van der Waals surface area contributed by atoms with Gasteiger partial charge in [0.2, 0.25) is 11.8 Å². The molecule has 0 unspecified atom stereocenters. The number of aromatic nitrogens is 4. The maximum atomic E-state index is 15.1. The second kappa shape index (κ2) is 8.60. The van der Waals surface area contributed by atoms with Crippen LogP contribution in [0.15, 0.2) is 67.1 Å². The molecular weight excluding hydrogens is 458 g/mol. The van der Waals surface area contributed by atoms with Crippen LogP contribution < -0.4 is 15.4 Å². The smallest absolute Gasteiger partial charge is 0.322 e. The monoisotopic (exact) mass is 476 g/mol. The molecule has 35 heavy (non-hydrogen) atoms. The number of carbonyl (C=O) groups is 2. The quantitative estimate of drug-likeness (QED) is 0.390. The van der Waals surface area contributed by atoms with E-state index in [9.17, 15) is 14.0 Å². The Morgan fingerprint density at radius 1 is 1.09 bits per heavy atom. The number of halogens is 2. The molecule has 4 aromatic rings. The first kappa shape index (κ1) is 22.1. The van der Waals surface area contributed by atoms with E-state index in [0.717, 1.165) is 23.1 Å². The summed E-state index contributed by atoms with van der Waals surface area (Å²) in [5.41, 5.74) is 5.27. The van der Waals surface area contributed by atoms with Crippen LogP contribution in [-0.2, 0) is 9.59 Å². The van der Waals surface area contributed by atoms with Crippen LogP contribution in [0.4, 0.5) is 20.2 Å². The SMILES string of the molecule is NC(=O)C1(C(=O)N(c2ccc(F)cc2)c2cc(Oc3nccc(-c4cn[nH]c4)n3)ccc2F)CC1. The summed E-state index contributed by atoms with van der Waals surface area (Å²) >= 11 is 0. The molecule has 2 heterocycles. The molecule has 2 amide bonds. The summed E-state index contributed by atoms with van der Waals surface area (Å²) in [6.07, 6.45) is 5.21. The summed E-state index contributed by atoms with van der Waals surface area (Å²) in [6, 6.07) is 10.3. The lowest BCUT2D eigenvalue weighted by atomic mass is 10.0. The first-order chi connectivity index (χ1) is 16.9. The molecule has 176 valence electrons. The number of nitrogens with two attached hydrogens (primary N) is 1. The molecule has 0 radical (unpaired) electrons. The van der Waals surface area contributed by atoms with E-state index in [1.54, 1.807) is 18.5 Å². The summed E-state index contributed by atoms with van der Waals surface area (Å²) in [6.45, 7) is 0. The lowest BCUT2D eigenvalue weighted by molar-refractivity contribution is -0.133. The maximum absolute atomic E-state index is 15.1. The average molecular weight is 476 g/mol. The van der Waals surface area contributed by atoms with E-state index >= 15 is 4.39 Å². The number of benzene rings is 2. The standard InChI is InChI=1S/C24H18F2N6O3/c25-15-1-3-16(4-2-15)32(22(34)24(8-9-24)21(27)33)20-11-17(5-6-18(20)26)35-23-28-10-7-19(31-23)14-12-29-30-13-14/h1-7,10-13H,8-9H2,(H2,27,33)(H,29,30). The van der Waals surface area contributed by atoms with Gasteiger partial charge in [0.15, 0.2) is 0 Å². The highest BCUT2D eigenvalue weighted by Gasteiger charge is 2.57. The Hall–Kier alpha value is -4.67. The van der Waals surface area contributed by atoms with Crippen molar-refractivity contribution in [3.63, 3.8) is 0 Å². The van der Waals surface area contributed by atoms with E-state index in [2.05, 4.69) is 20.2 Å². The van der Waals surface area contributed by atoms with Crippen LogP contribution in [0, 0.1) is 17.0 Å². The number of rotatable bonds is 7. The molecule has 2 aromatic carbocycles. The van der Waals surface area contributed by atoms with Gasteiger partial charge in [-0.15, -0.1) is 0 Å². The molecule has 5 rings (SSSR count). The van der Waals surface area contributed by atoms with Crippen LogP contribution in [0.1, 0.15) is 12.8 Å². The molecule has 1 fully saturated rings. The predicted octanol–water partition coefficient (Wildman–Crippen LogP) is 3.87. The van der Waals surface area contributed by atoms with E-state index in [1.807, 2.05) is 0 Å². The van der Waals surface area contributed by atoms with Gasteiger partial charge in [-0.2, -0.15) is 10.1 Å². The van der Waals surface area contributed by atoms with Gasteiger partial charge in [-0.1, -0.05) is 0 Å². The van der Waals surface area contributed by atoms with Crippen LogP contribution in [0.25, 0.3) is 11.3 Å². The van der Waals surface area contributed by atoms with Crippen LogP contribution in [0.2, 0.25) is 0 Å².